The van der Waals surface area contributed by atoms with Gasteiger partial charge in [-0.05, 0) is 64.7 Å². The zero-order valence-electron chi connectivity index (χ0n) is 16.4. The Morgan fingerprint density at radius 1 is 1.17 bits per heavy atom. The predicted molar refractivity (Wildman–Crippen MR) is 121 cm³/mol. The molecule has 150 valence electrons. The number of nitrogen functional groups attached to an aromatic ring is 1. The van der Waals surface area contributed by atoms with Crippen LogP contribution in [0.1, 0.15) is 42.3 Å². The van der Waals surface area contributed by atoms with Crippen LogP contribution in [0.2, 0.25) is 0 Å². The van der Waals surface area contributed by atoms with Crippen molar-refractivity contribution in [2.75, 3.05) is 17.2 Å². The van der Waals surface area contributed by atoms with Gasteiger partial charge in [-0.2, -0.15) is 0 Å². The topological polar surface area (TPSA) is 81.4 Å². The van der Waals surface area contributed by atoms with Gasteiger partial charge in [0.2, 0.25) is 0 Å². The highest BCUT2D eigenvalue weighted by Gasteiger charge is 2.23. The lowest BCUT2D eigenvalue weighted by Crippen LogP contribution is -2.13. The third kappa shape index (κ3) is 5.30. The average Bonchev–Trinajstić information content (AvgIpc) is 3.28. The summed E-state index contributed by atoms with van der Waals surface area (Å²) >= 11 is 1.63. The number of thiophene rings is 1. The van der Waals surface area contributed by atoms with E-state index in [0.717, 1.165) is 16.0 Å². The summed E-state index contributed by atoms with van der Waals surface area (Å²) in [5, 5.41) is 4.90. The van der Waals surface area contributed by atoms with Gasteiger partial charge in [0, 0.05) is 10.4 Å². The van der Waals surface area contributed by atoms with Crippen LogP contribution < -0.4 is 11.1 Å². The van der Waals surface area contributed by atoms with Crippen LogP contribution >= 0.6 is 19.4 Å². The quantitative estimate of drug-likeness (QED) is 0.318. The molecule has 5 nitrogen and oxygen atoms in total. The van der Waals surface area contributed by atoms with E-state index in [9.17, 15) is 9.36 Å². The first-order valence-corrected chi connectivity index (χ1v) is 11.7. The van der Waals surface area contributed by atoms with Crippen molar-refractivity contribution in [2.45, 2.75) is 26.4 Å². The van der Waals surface area contributed by atoms with Crippen LogP contribution in [-0.2, 0) is 9.09 Å². The molecule has 2 aromatic carbocycles. The van der Waals surface area contributed by atoms with Gasteiger partial charge >= 0.3 is 8.03 Å². The normalized spacial score (nSPS) is 12.4. The first-order chi connectivity index (χ1) is 14.0. The first-order valence-electron chi connectivity index (χ1n) is 9.48. The van der Waals surface area contributed by atoms with Crippen molar-refractivity contribution in [2.24, 2.45) is 0 Å². The Bertz CT molecular complexity index is 988. The second kappa shape index (κ2) is 9.79. The predicted octanol–water partition coefficient (Wildman–Crippen LogP) is 6.48. The highest BCUT2D eigenvalue weighted by molar-refractivity contribution is 7.39. The largest absolute Gasteiger partial charge is 0.508 e. The number of benzene rings is 2. The van der Waals surface area contributed by atoms with E-state index in [1.165, 1.54) is 0 Å². The maximum absolute atomic E-state index is 12.7. The number of carbonyl (C=O) groups excluding carboxylic acids is 1. The molecule has 3 aromatic rings. The third-order valence-corrected chi connectivity index (χ3v) is 6.45. The molecular formula is C22H24N2O3PS+. The summed E-state index contributed by atoms with van der Waals surface area (Å²) in [7, 11) is -1.67. The highest BCUT2D eigenvalue weighted by Crippen LogP contribution is 2.34. The van der Waals surface area contributed by atoms with Crippen molar-refractivity contribution in [1.82, 2.24) is 0 Å². The van der Waals surface area contributed by atoms with Gasteiger partial charge in [0.25, 0.3) is 5.91 Å². The van der Waals surface area contributed by atoms with E-state index in [1.807, 2.05) is 55.6 Å². The number of hydrogen-bond donors (Lipinski definition) is 2. The Hall–Kier alpha value is -2.53. The summed E-state index contributed by atoms with van der Waals surface area (Å²) in [6, 6.07) is 16.8. The average molecular weight is 427 g/mol. The van der Waals surface area contributed by atoms with E-state index in [0.29, 0.717) is 29.5 Å². The van der Waals surface area contributed by atoms with Gasteiger partial charge in [-0.3, -0.25) is 4.79 Å². The second-order valence-electron chi connectivity index (χ2n) is 6.51. The minimum Gasteiger partial charge on any atom is -0.397 e. The number of nitrogens with two attached hydrogens (primary N) is 1. The van der Waals surface area contributed by atoms with Crippen molar-refractivity contribution in [1.29, 1.82) is 0 Å². The molecule has 1 amide bonds. The van der Waals surface area contributed by atoms with Gasteiger partial charge in [-0.15, -0.1) is 15.9 Å². The van der Waals surface area contributed by atoms with Gasteiger partial charge in [0.1, 0.15) is 6.10 Å². The molecule has 1 heterocycles. The Kier molecular flexibility index (Phi) is 7.15. The van der Waals surface area contributed by atoms with Crippen LogP contribution in [0.3, 0.4) is 0 Å². The van der Waals surface area contributed by atoms with Gasteiger partial charge < -0.3 is 11.1 Å². The number of anilines is 2. The Morgan fingerprint density at radius 2 is 1.93 bits per heavy atom. The Labute approximate surface area is 175 Å². The molecule has 0 aliphatic heterocycles. The molecule has 2 atom stereocenters. The van der Waals surface area contributed by atoms with Crippen LogP contribution in [0.5, 0.6) is 0 Å². The fraction of sp³-hybridized carbons (Fsp3) is 0.227. The maximum atomic E-state index is 12.7. The molecule has 3 N–H and O–H groups in total. The lowest BCUT2D eigenvalue weighted by atomic mass is 10.0. The van der Waals surface area contributed by atoms with Crippen LogP contribution in [0.25, 0.3) is 10.4 Å². The van der Waals surface area contributed by atoms with Crippen molar-refractivity contribution in [3.63, 3.8) is 0 Å². The summed E-state index contributed by atoms with van der Waals surface area (Å²) in [6.45, 7) is 3.81. The van der Waals surface area contributed by atoms with E-state index >= 15 is 0 Å². The summed E-state index contributed by atoms with van der Waals surface area (Å²) < 4.78 is 17.3. The fourth-order valence-corrected chi connectivity index (χ4v) is 4.32. The standard InChI is InChI=1S/C22H23N2O3PS/c1-3-20(27-28(26)4-2)15-7-9-16(10-8-15)22(25)24-19-14-17(11-12-18(19)23)21-6-5-13-29-21/h5-14,20H,3-4,23H2,1-2H3/p+1. The molecular weight excluding hydrogens is 403 g/mol. The van der Waals surface area contributed by atoms with Crippen LogP contribution in [0.4, 0.5) is 11.4 Å². The third-order valence-electron chi connectivity index (χ3n) is 4.53. The smallest absolute Gasteiger partial charge is 0.397 e. The Morgan fingerprint density at radius 3 is 2.55 bits per heavy atom. The number of nitrogens with one attached hydrogen (secondary N) is 1. The summed E-state index contributed by atoms with van der Waals surface area (Å²) in [5.74, 6) is -0.236. The van der Waals surface area contributed by atoms with Crippen LogP contribution in [0.15, 0.2) is 60.0 Å². The number of amides is 1. The summed E-state index contributed by atoms with van der Waals surface area (Å²) in [4.78, 5) is 13.8. The lowest BCUT2D eigenvalue weighted by molar-refractivity contribution is 0.102. The first kappa shape index (κ1) is 21.2. The molecule has 0 saturated carbocycles. The number of hydrogen-bond acceptors (Lipinski definition) is 5. The zero-order chi connectivity index (χ0) is 20.8. The molecule has 0 aliphatic rings. The van der Waals surface area contributed by atoms with Crippen molar-refractivity contribution in [3.8, 4) is 10.4 Å². The van der Waals surface area contributed by atoms with E-state index in [1.54, 1.807) is 29.5 Å². The van der Waals surface area contributed by atoms with Gasteiger partial charge in [-0.1, -0.05) is 31.2 Å². The van der Waals surface area contributed by atoms with E-state index in [2.05, 4.69) is 5.32 Å². The second-order valence-corrected chi connectivity index (χ2v) is 8.96. The Balaban J connectivity index is 1.74. The minimum atomic E-state index is -1.67. The number of carbonyl (C=O) groups is 1. The fourth-order valence-electron chi connectivity index (χ4n) is 2.89. The SMILES string of the molecule is CCC(O[P+](=O)CC)c1ccc(C(=O)Nc2cc(-c3cccs3)ccc2N)cc1. The lowest BCUT2D eigenvalue weighted by Gasteiger charge is -2.12. The van der Waals surface area contributed by atoms with Gasteiger partial charge in [-0.25, -0.2) is 0 Å². The molecule has 7 heteroatoms. The summed E-state index contributed by atoms with van der Waals surface area (Å²) in [6.07, 6.45) is 0.950. The van der Waals surface area contributed by atoms with Gasteiger partial charge in [0.05, 0.1) is 11.4 Å². The molecule has 1 aromatic heterocycles. The monoisotopic (exact) mass is 427 g/mol. The highest BCUT2D eigenvalue weighted by atomic mass is 32.1. The molecule has 0 bridgehead atoms. The molecule has 0 fully saturated rings. The molecule has 0 spiro atoms. The molecule has 2 unspecified atom stereocenters. The maximum Gasteiger partial charge on any atom is 0.508 e. The van der Waals surface area contributed by atoms with Crippen molar-refractivity contribution < 1.29 is 13.9 Å². The van der Waals surface area contributed by atoms with Crippen molar-refractivity contribution in [3.05, 3.63) is 71.1 Å². The number of rotatable bonds is 8. The van der Waals surface area contributed by atoms with Gasteiger partial charge in [0.15, 0.2) is 6.16 Å². The molecule has 0 aliphatic carbocycles. The molecule has 0 radical (unpaired) electrons. The molecule has 29 heavy (non-hydrogen) atoms. The van der Waals surface area contributed by atoms with Crippen LogP contribution in [0, 0.1) is 0 Å². The molecule has 3 rings (SSSR count). The van der Waals surface area contributed by atoms with E-state index < -0.39 is 8.03 Å². The summed E-state index contributed by atoms with van der Waals surface area (Å²) in [5.41, 5.74) is 9.58. The van der Waals surface area contributed by atoms with E-state index in [4.69, 9.17) is 10.3 Å². The van der Waals surface area contributed by atoms with Crippen LogP contribution in [-0.4, -0.2) is 12.1 Å². The van der Waals surface area contributed by atoms with E-state index in [-0.39, 0.29) is 12.0 Å². The molecule has 0 saturated heterocycles. The van der Waals surface area contributed by atoms with Crippen molar-refractivity contribution >= 4 is 36.6 Å². The zero-order valence-corrected chi connectivity index (χ0v) is 18.1. The minimum absolute atomic E-state index is 0.236.